The minimum Gasteiger partial charge on any atom is -0.476 e. The molecule has 0 unspecified atom stereocenters. The molecule has 7 nitrogen and oxygen atoms in total. The number of carboxylic acids is 1. The SMILES string of the molecule is C=CCOC(=O)N(C)c1ccc(C(=O)O)nn1. The van der Waals surface area contributed by atoms with Crippen LogP contribution in [0.2, 0.25) is 0 Å². The summed E-state index contributed by atoms with van der Waals surface area (Å²) < 4.78 is 4.77. The summed E-state index contributed by atoms with van der Waals surface area (Å²) in [6.07, 6.45) is 0.813. The minimum absolute atomic E-state index is 0.0871. The molecule has 0 saturated heterocycles. The predicted molar refractivity (Wildman–Crippen MR) is 58.9 cm³/mol. The van der Waals surface area contributed by atoms with Gasteiger partial charge in [-0.1, -0.05) is 12.7 Å². The highest BCUT2D eigenvalue weighted by atomic mass is 16.6. The van der Waals surface area contributed by atoms with E-state index in [9.17, 15) is 9.59 Å². The standard InChI is InChI=1S/C10H11N3O4/c1-3-6-17-10(16)13(2)8-5-4-7(9(14)15)11-12-8/h3-5H,1,6H2,2H3,(H,14,15). The van der Waals surface area contributed by atoms with E-state index in [2.05, 4.69) is 16.8 Å². The zero-order chi connectivity index (χ0) is 12.8. The quantitative estimate of drug-likeness (QED) is 0.783. The van der Waals surface area contributed by atoms with Crippen molar-refractivity contribution in [2.45, 2.75) is 0 Å². The molecular formula is C10H11N3O4. The largest absolute Gasteiger partial charge is 0.476 e. The van der Waals surface area contributed by atoms with Crippen LogP contribution in [-0.2, 0) is 4.74 Å². The van der Waals surface area contributed by atoms with E-state index < -0.39 is 12.1 Å². The number of hydrogen-bond acceptors (Lipinski definition) is 5. The summed E-state index contributed by atoms with van der Waals surface area (Å²) in [5, 5.41) is 15.7. The molecule has 0 fully saturated rings. The van der Waals surface area contributed by atoms with Crippen molar-refractivity contribution in [2.24, 2.45) is 0 Å². The third-order valence-electron chi connectivity index (χ3n) is 1.81. The number of hydrogen-bond donors (Lipinski definition) is 1. The summed E-state index contributed by atoms with van der Waals surface area (Å²) in [5.41, 5.74) is -0.193. The molecule has 7 heteroatoms. The number of ether oxygens (including phenoxy) is 1. The van der Waals surface area contributed by atoms with Crippen molar-refractivity contribution >= 4 is 17.9 Å². The summed E-state index contributed by atoms with van der Waals surface area (Å²) in [7, 11) is 1.44. The Kier molecular flexibility index (Phi) is 4.15. The smallest absolute Gasteiger partial charge is 0.415 e. The first-order valence-corrected chi connectivity index (χ1v) is 4.64. The summed E-state index contributed by atoms with van der Waals surface area (Å²) in [6, 6.07) is 2.62. The van der Waals surface area contributed by atoms with Gasteiger partial charge in [-0.25, -0.2) is 9.59 Å². The number of aromatic nitrogens is 2. The second kappa shape index (κ2) is 5.59. The molecule has 0 aliphatic heterocycles. The first kappa shape index (κ1) is 12.6. The van der Waals surface area contributed by atoms with Crippen LogP contribution >= 0.6 is 0 Å². The molecule has 0 saturated carbocycles. The molecule has 0 bridgehead atoms. The van der Waals surface area contributed by atoms with E-state index in [4.69, 9.17) is 9.84 Å². The van der Waals surface area contributed by atoms with Crippen LogP contribution < -0.4 is 4.90 Å². The first-order valence-electron chi connectivity index (χ1n) is 4.64. The third kappa shape index (κ3) is 3.26. The van der Waals surface area contributed by atoms with Crippen LogP contribution in [0.5, 0.6) is 0 Å². The van der Waals surface area contributed by atoms with Crippen molar-refractivity contribution in [1.29, 1.82) is 0 Å². The number of carbonyl (C=O) groups excluding carboxylic acids is 1. The minimum atomic E-state index is -1.18. The van der Waals surface area contributed by atoms with Gasteiger partial charge in [-0.3, -0.25) is 4.90 Å². The molecule has 0 radical (unpaired) electrons. The lowest BCUT2D eigenvalue weighted by atomic mass is 10.4. The molecule has 0 aliphatic carbocycles. The first-order chi connectivity index (χ1) is 8.06. The average molecular weight is 237 g/mol. The van der Waals surface area contributed by atoms with Crippen molar-refractivity contribution in [3.8, 4) is 0 Å². The van der Waals surface area contributed by atoms with Gasteiger partial charge in [-0.2, -0.15) is 0 Å². The molecule has 1 rings (SSSR count). The monoisotopic (exact) mass is 237 g/mol. The van der Waals surface area contributed by atoms with Crippen LogP contribution in [-0.4, -0.2) is 41.0 Å². The average Bonchev–Trinajstić information content (AvgIpc) is 2.35. The Labute approximate surface area is 97.3 Å². The molecule has 17 heavy (non-hydrogen) atoms. The van der Waals surface area contributed by atoms with E-state index in [1.807, 2.05) is 0 Å². The number of rotatable bonds is 4. The fraction of sp³-hybridized carbons (Fsp3) is 0.200. The van der Waals surface area contributed by atoms with E-state index in [0.717, 1.165) is 4.90 Å². The van der Waals surface area contributed by atoms with Gasteiger partial charge in [0.05, 0.1) is 0 Å². The summed E-state index contributed by atoms with van der Waals surface area (Å²) >= 11 is 0. The van der Waals surface area contributed by atoms with E-state index in [1.165, 1.54) is 25.3 Å². The maximum absolute atomic E-state index is 11.4. The summed E-state index contributed by atoms with van der Waals surface area (Å²) in [6.45, 7) is 3.49. The molecule has 1 N–H and O–H groups in total. The van der Waals surface area contributed by atoms with Gasteiger partial charge in [0.25, 0.3) is 0 Å². The molecule has 0 atom stereocenters. The lowest BCUT2D eigenvalue weighted by Crippen LogP contribution is -2.28. The molecule has 0 aromatic carbocycles. The van der Waals surface area contributed by atoms with Crippen molar-refractivity contribution in [3.63, 3.8) is 0 Å². The highest BCUT2D eigenvalue weighted by Crippen LogP contribution is 2.08. The molecule has 90 valence electrons. The molecule has 1 aromatic rings. The van der Waals surface area contributed by atoms with Crippen molar-refractivity contribution < 1.29 is 19.4 Å². The Morgan fingerprint density at radius 1 is 1.53 bits per heavy atom. The van der Waals surface area contributed by atoms with Crippen LogP contribution in [0.4, 0.5) is 10.6 Å². The van der Waals surface area contributed by atoms with Crippen LogP contribution in [0.3, 0.4) is 0 Å². The van der Waals surface area contributed by atoms with E-state index in [-0.39, 0.29) is 18.1 Å². The van der Waals surface area contributed by atoms with Gasteiger partial charge in [0.1, 0.15) is 6.61 Å². The molecule has 1 aromatic heterocycles. The zero-order valence-electron chi connectivity index (χ0n) is 9.16. The Hall–Kier alpha value is -2.44. The number of aromatic carboxylic acids is 1. The van der Waals surface area contributed by atoms with Crippen LogP contribution in [0.25, 0.3) is 0 Å². The number of amides is 1. The molecular weight excluding hydrogens is 226 g/mol. The number of carbonyl (C=O) groups is 2. The van der Waals surface area contributed by atoms with Crippen LogP contribution in [0.15, 0.2) is 24.8 Å². The van der Waals surface area contributed by atoms with E-state index in [1.54, 1.807) is 0 Å². The second-order valence-corrected chi connectivity index (χ2v) is 3.01. The summed E-state index contributed by atoms with van der Waals surface area (Å²) in [5.74, 6) is -0.981. The second-order valence-electron chi connectivity index (χ2n) is 3.01. The molecule has 1 heterocycles. The molecule has 0 aliphatic rings. The number of nitrogens with zero attached hydrogens (tertiary/aromatic N) is 3. The topological polar surface area (TPSA) is 92.6 Å². The highest BCUT2D eigenvalue weighted by Gasteiger charge is 2.14. The van der Waals surface area contributed by atoms with Gasteiger partial charge in [-0.05, 0) is 12.1 Å². The van der Waals surface area contributed by atoms with E-state index in [0.29, 0.717) is 0 Å². The summed E-state index contributed by atoms with van der Waals surface area (Å²) in [4.78, 5) is 23.0. The maximum atomic E-state index is 11.4. The van der Waals surface area contributed by atoms with Gasteiger partial charge in [-0.15, -0.1) is 10.2 Å². The molecule has 0 spiro atoms. The van der Waals surface area contributed by atoms with Crippen molar-refractivity contribution in [1.82, 2.24) is 10.2 Å². The highest BCUT2D eigenvalue weighted by molar-refractivity contribution is 5.87. The molecule has 1 amide bonds. The fourth-order valence-corrected chi connectivity index (χ4v) is 0.939. The Morgan fingerprint density at radius 2 is 2.24 bits per heavy atom. The zero-order valence-corrected chi connectivity index (χ0v) is 9.16. The number of carboxylic acid groups (broad SMARTS) is 1. The van der Waals surface area contributed by atoms with Gasteiger partial charge in [0.15, 0.2) is 11.5 Å². The van der Waals surface area contributed by atoms with Gasteiger partial charge < -0.3 is 9.84 Å². The Bertz CT molecular complexity index is 430. The Balaban J connectivity index is 2.75. The van der Waals surface area contributed by atoms with Gasteiger partial charge in [0.2, 0.25) is 0 Å². The van der Waals surface area contributed by atoms with Crippen molar-refractivity contribution in [2.75, 3.05) is 18.6 Å². The van der Waals surface area contributed by atoms with Gasteiger partial charge >= 0.3 is 12.1 Å². The fourth-order valence-electron chi connectivity index (χ4n) is 0.939. The van der Waals surface area contributed by atoms with Crippen LogP contribution in [0, 0.1) is 0 Å². The van der Waals surface area contributed by atoms with Crippen molar-refractivity contribution in [3.05, 3.63) is 30.5 Å². The third-order valence-corrected chi connectivity index (χ3v) is 1.81. The lowest BCUT2D eigenvalue weighted by molar-refractivity contribution is 0.0689. The lowest BCUT2D eigenvalue weighted by Gasteiger charge is -2.14. The normalized spacial score (nSPS) is 9.47. The van der Waals surface area contributed by atoms with Gasteiger partial charge in [0, 0.05) is 7.05 Å². The Morgan fingerprint density at radius 3 is 2.71 bits per heavy atom. The number of anilines is 1. The maximum Gasteiger partial charge on any atom is 0.415 e. The van der Waals surface area contributed by atoms with E-state index >= 15 is 0 Å². The predicted octanol–water partition coefficient (Wildman–Crippen LogP) is 0.934. The van der Waals surface area contributed by atoms with Crippen LogP contribution in [0.1, 0.15) is 10.5 Å².